The molecule has 35 heavy (non-hydrogen) atoms. The molecule has 1 aromatic carbocycles. The predicted molar refractivity (Wildman–Crippen MR) is 122 cm³/mol. The smallest absolute Gasteiger partial charge is 0.277 e. The van der Waals surface area contributed by atoms with Gasteiger partial charge in [0.2, 0.25) is 5.43 Å². The van der Waals surface area contributed by atoms with Crippen LogP contribution >= 0.6 is 0 Å². The molecule has 2 aromatic rings. The second-order valence-electron chi connectivity index (χ2n) is 7.96. The van der Waals surface area contributed by atoms with Crippen molar-refractivity contribution in [1.82, 2.24) is 14.9 Å². The zero-order valence-corrected chi connectivity index (χ0v) is 19.6. The minimum Gasteiger partial charge on any atom is -0.502 e. The Balaban J connectivity index is 1.91. The Hall–Kier alpha value is -3.51. The number of hydrogen-bond donors (Lipinski definition) is 2. The van der Waals surface area contributed by atoms with E-state index in [0.29, 0.717) is 45.2 Å². The van der Waals surface area contributed by atoms with E-state index in [-0.39, 0.29) is 24.5 Å². The van der Waals surface area contributed by atoms with Gasteiger partial charge in [-0.2, -0.15) is 0 Å². The normalized spacial score (nSPS) is 13.2. The molecule has 2 heterocycles. The number of benzene rings is 1. The quantitative estimate of drug-likeness (QED) is 0.451. The summed E-state index contributed by atoms with van der Waals surface area (Å²) in [6.07, 6.45) is 2.32. The number of aromatic nitrogens is 1. The molecular weight excluding hydrogens is 466 g/mol. The molecule has 0 saturated heterocycles. The Morgan fingerprint density at radius 1 is 1.11 bits per heavy atom. The molecule has 0 aliphatic carbocycles. The van der Waals surface area contributed by atoms with E-state index in [1.165, 1.54) is 21.8 Å². The number of hydrogen-bond acceptors (Lipinski definition) is 7. The van der Waals surface area contributed by atoms with Gasteiger partial charge in [0.05, 0.1) is 0 Å². The number of carbonyl (C=O) groups is 2. The van der Waals surface area contributed by atoms with E-state index in [0.717, 1.165) is 6.07 Å². The van der Waals surface area contributed by atoms with Crippen LogP contribution in [0.1, 0.15) is 39.3 Å². The molecule has 1 aliphatic heterocycles. The molecule has 0 spiro atoms. The van der Waals surface area contributed by atoms with E-state index >= 15 is 0 Å². The maximum absolute atomic E-state index is 13.9. The number of nitrogens with one attached hydrogen (secondary N) is 1. The number of amides is 2. The van der Waals surface area contributed by atoms with Crippen LogP contribution in [-0.4, -0.2) is 73.7 Å². The Kier molecular flexibility index (Phi) is 8.77. The van der Waals surface area contributed by atoms with Gasteiger partial charge in [-0.1, -0.05) is 6.07 Å². The van der Waals surface area contributed by atoms with Gasteiger partial charge in [-0.15, -0.1) is 0 Å². The van der Waals surface area contributed by atoms with Crippen LogP contribution < -0.4 is 15.8 Å². The average molecular weight is 494 g/mol. The monoisotopic (exact) mass is 494 g/mol. The van der Waals surface area contributed by atoms with Crippen molar-refractivity contribution in [1.29, 1.82) is 0 Å². The number of aromatic hydroxyl groups is 1. The maximum atomic E-state index is 13.9. The summed E-state index contributed by atoms with van der Waals surface area (Å²) in [5.74, 6) is -3.90. The summed E-state index contributed by atoms with van der Waals surface area (Å²) in [6, 6.07) is 2.91. The number of methoxy groups -OCH3 is 2. The summed E-state index contributed by atoms with van der Waals surface area (Å²) >= 11 is 0. The molecule has 3 rings (SSSR count). The van der Waals surface area contributed by atoms with E-state index in [2.05, 4.69) is 5.32 Å². The van der Waals surface area contributed by atoms with Crippen molar-refractivity contribution in [2.75, 3.05) is 52.2 Å². The summed E-state index contributed by atoms with van der Waals surface area (Å²) in [6.45, 7) is 1.46. The van der Waals surface area contributed by atoms with E-state index < -0.39 is 40.2 Å². The topological polar surface area (TPSA) is 113 Å². The lowest BCUT2D eigenvalue weighted by atomic mass is 10.1. The van der Waals surface area contributed by atoms with Crippen LogP contribution in [0.5, 0.6) is 5.75 Å². The van der Waals surface area contributed by atoms with E-state index in [4.69, 9.17) is 9.47 Å². The number of rotatable bonds is 11. The second-order valence-corrected chi connectivity index (χ2v) is 7.96. The van der Waals surface area contributed by atoms with Crippen LogP contribution in [0.15, 0.2) is 29.2 Å². The van der Waals surface area contributed by atoms with Crippen molar-refractivity contribution in [3.63, 3.8) is 0 Å². The predicted octanol–water partition coefficient (Wildman–Crippen LogP) is 1.19. The SMILES string of the molecule is COCCCN1CN(CCCOC)n2cc(C(=O)NCc3ccc(F)cc3F)c(=O)c(O)c2C1=O. The number of carbonyl (C=O) groups excluding carboxylic acids is 2. The molecule has 0 saturated carbocycles. The fourth-order valence-electron chi connectivity index (χ4n) is 3.73. The molecule has 2 N–H and O–H groups in total. The van der Waals surface area contributed by atoms with Crippen molar-refractivity contribution in [2.45, 2.75) is 19.4 Å². The first-order chi connectivity index (χ1) is 16.8. The van der Waals surface area contributed by atoms with E-state index in [1.54, 1.807) is 19.2 Å². The van der Waals surface area contributed by atoms with Gasteiger partial charge < -0.3 is 24.8 Å². The molecule has 1 aliphatic rings. The lowest BCUT2D eigenvalue weighted by molar-refractivity contribution is 0.0663. The summed E-state index contributed by atoms with van der Waals surface area (Å²) in [7, 11) is 3.10. The highest BCUT2D eigenvalue weighted by atomic mass is 19.1. The first-order valence-corrected chi connectivity index (χ1v) is 11.0. The third-order valence-electron chi connectivity index (χ3n) is 5.53. The van der Waals surface area contributed by atoms with E-state index in [9.17, 15) is 28.3 Å². The molecule has 0 bridgehead atoms. The fourth-order valence-corrected chi connectivity index (χ4v) is 3.73. The number of ether oxygens (including phenoxy) is 2. The van der Waals surface area contributed by atoms with Crippen molar-refractivity contribution in [2.24, 2.45) is 0 Å². The Bertz CT molecular complexity index is 1140. The van der Waals surface area contributed by atoms with Crippen LogP contribution in [-0.2, 0) is 16.0 Å². The lowest BCUT2D eigenvalue weighted by Crippen LogP contribution is -2.55. The molecule has 0 unspecified atom stereocenters. The van der Waals surface area contributed by atoms with Gasteiger partial charge in [-0.25, -0.2) is 8.78 Å². The summed E-state index contributed by atoms with van der Waals surface area (Å²) in [4.78, 5) is 40.1. The molecule has 12 heteroatoms. The third kappa shape index (κ3) is 5.95. The van der Waals surface area contributed by atoms with Crippen LogP contribution in [0.3, 0.4) is 0 Å². The first kappa shape index (κ1) is 26.1. The van der Waals surface area contributed by atoms with Gasteiger partial charge in [0, 0.05) is 64.9 Å². The molecule has 0 atom stereocenters. The summed E-state index contributed by atoms with van der Waals surface area (Å²) in [5, 5.41) is 14.7. The number of pyridine rings is 1. The van der Waals surface area contributed by atoms with Crippen molar-refractivity contribution >= 4 is 11.8 Å². The molecule has 0 fully saturated rings. The second kappa shape index (κ2) is 11.8. The van der Waals surface area contributed by atoms with Gasteiger partial charge in [0.25, 0.3) is 11.8 Å². The molecule has 1 aromatic heterocycles. The lowest BCUT2D eigenvalue weighted by Gasteiger charge is -2.40. The summed E-state index contributed by atoms with van der Waals surface area (Å²) < 4.78 is 38.4. The first-order valence-electron chi connectivity index (χ1n) is 11.0. The Morgan fingerprint density at radius 2 is 1.80 bits per heavy atom. The van der Waals surface area contributed by atoms with Crippen LogP contribution in [0.2, 0.25) is 0 Å². The van der Waals surface area contributed by atoms with Crippen LogP contribution in [0.4, 0.5) is 8.78 Å². The zero-order chi connectivity index (χ0) is 25.5. The highest BCUT2D eigenvalue weighted by Gasteiger charge is 2.34. The minimum atomic E-state index is -1.03. The highest BCUT2D eigenvalue weighted by molar-refractivity contribution is 5.99. The van der Waals surface area contributed by atoms with E-state index in [1.807, 2.05) is 0 Å². The fraction of sp³-hybridized carbons (Fsp3) is 0.435. The van der Waals surface area contributed by atoms with Gasteiger partial charge in [0.1, 0.15) is 23.9 Å². The van der Waals surface area contributed by atoms with Gasteiger partial charge >= 0.3 is 0 Å². The Morgan fingerprint density at radius 3 is 2.46 bits per heavy atom. The molecular formula is C23H28F2N4O6. The van der Waals surface area contributed by atoms with Crippen LogP contribution in [0, 0.1) is 11.6 Å². The molecule has 2 amide bonds. The van der Waals surface area contributed by atoms with Crippen molar-refractivity contribution in [3.05, 3.63) is 63.1 Å². The summed E-state index contributed by atoms with van der Waals surface area (Å²) in [5.41, 5.74) is -1.69. The molecule has 10 nitrogen and oxygen atoms in total. The number of fused-ring (bicyclic) bond motifs is 1. The number of halogens is 2. The third-order valence-corrected chi connectivity index (χ3v) is 5.53. The molecule has 0 radical (unpaired) electrons. The highest BCUT2D eigenvalue weighted by Crippen LogP contribution is 2.22. The number of nitrogens with zero attached hydrogens (tertiary/aromatic N) is 3. The largest absolute Gasteiger partial charge is 0.502 e. The van der Waals surface area contributed by atoms with Gasteiger partial charge in [-0.05, 0) is 18.9 Å². The minimum absolute atomic E-state index is 0.0186. The van der Waals surface area contributed by atoms with Crippen LogP contribution in [0.25, 0.3) is 0 Å². The molecule has 190 valence electrons. The van der Waals surface area contributed by atoms with Crippen molar-refractivity contribution in [3.8, 4) is 5.75 Å². The standard InChI is InChI=1S/C23H28F2N4O6/c1-34-9-3-7-27-14-28(8-4-10-35-2)29-13-17(20(30)21(31)19(29)23(27)33)22(32)26-12-15-5-6-16(24)11-18(15)25/h5-6,11,13,31H,3-4,7-10,12,14H2,1-2H3,(H,26,32). The average Bonchev–Trinajstić information content (AvgIpc) is 2.82. The zero-order valence-electron chi connectivity index (χ0n) is 19.6. The maximum Gasteiger partial charge on any atom is 0.277 e. The Labute approximate surface area is 200 Å². The van der Waals surface area contributed by atoms with Gasteiger partial charge in [0.15, 0.2) is 11.4 Å². The van der Waals surface area contributed by atoms with Gasteiger partial charge in [-0.3, -0.25) is 24.1 Å². The van der Waals surface area contributed by atoms with Crippen molar-refractivity contribution < 1.29 is 33.0 Å².